The van der Waals surface area contributed by atoms with Crippen LogP contribution in [0, 0.1) is 60.7 Å². The molecule has 1 aliphatic rings. The number of nitrogens with zero attached hydrogens (tertiary/aromatic N) is 8. The zero-order valence-corrected chi connectivity index (χ0v) is 38.7. The minimum atomic E-state index is -5.30. The van der Waals surface area contributed by atoms with E-state index in [1.54, 1.807) is 0 Å². The molecule has 372 valence electrons. The Hall–Kier alpha value is -5.42. The monoisotopic (exact) mass is 980 g/mol. The number of likely N-dealkylation sites (tertiary alicyclic amines) is 1. The van der Waals surface area contributed by atoms with Crippen molar-refractivity contribution in [2.75, 3.05) is 39.3 Å². The van der Waals surface area contributed by atoms with Crippen LogP contribution in [-0.4, -0.2) is 105 Å². The molecule has 0 bridgehead atoms. The number of nitro benzene ring substituents is 6. The molecule has 0 saturated carbocycles. The lowest BCUT2D eigenvalue weighted by Gasteiger charge is -2.26. The van der Waals surface area contributed by atoms with Gasteiger partial charge in [0.2, 0.25) is 9.79 Å². The molecular weight excluding hydrogens is 921 g/mol. The molecule has 28 heteroatoms. The average molecular weight is 981 g/mol. The van der Waals surface area contributed by atoms with E-state index in [-0.39, 0.29) is 24.3 Å². The normalized spacial score (nSPS) is 12.9. The number of hydrogen-bond donors (Lipinski definition) is 2. The molecule has 2 N–H and O–H groups in total. The molecule has 0 atom stereocenters. The second kappa shape index (κ2) is 30.0. The summed E-state index contributed by atoms with van der Waals surface area (Å²) in [5.74, 6) is 0. The van der Waals surface area contributed by atoms with Gasteiger partial charge >= 0.3 is 43.0 Å². The Morgan fingerprint density at radius 1 is 0.470 bits per heavy atom. The predicted octanol–water partition coefficient (Wildman–Crippen LogP) is 8.98. The zero-order chi connectivity index (χ0) is 50.0. The lowest BCUT2D eigenvalue weighted by molar-refractivity contribution is -0.407. The van der Waals surface area contributed by atoms with E-state index in [0.717, 1.165) is 0 Å². The summed E-state index contributed by atoms with van der Waals surface area (Å²) in [6.07, 6.45) is 25.8. The highest BCUT2D eigenvalue weighted by Crippen LogP contribution is 2.38. The van der Waals surface area contributed by atoms with Crippen molar-refractivity contribution in [1.82, 2.24) is 9.80 Å². The average Bonchev–Trinajstić information content (AvgIpc) is 3.24. The number of piperidine rings is 1. The van der Waals surface area contributed by atoms with Crippen LogP contribution in [0.2, 0.25) is 0 Å². The molecule has 1 aliphatic heterocycles. The summed E-state index contributed by atoms with van der Waals surface area (Å²) in [4.78, 5) is 57.7. The van der Waals surface area contributed by atoms with E-state index in [2.05, 4.69) is 23.6 Å². The van der Waals surface area contributed by atoms with Gasteiger partial charge in [-0.05, 0) is 77.8 Å². The molecule has 0 radical (unpaired) electrons. The van der Waals surface area contributed by atoms with E-state index in [9.17, 15) is 77.5 Å². The van der Waals surface area contributed by atoms with Gasteiger partial charge in [-0.25, -0.2) is 0 Å². The van der Waals surface area contributed by atoms with Gasteiger partial charge in [-0.15, -0.1) is 0 Å². The van der Waals surface area contributed by atoms with Crippen LogP contribution in [0.15, 0.2) is 34.1 Å². The smallest absolute Gasteiger partial charge is 0.303 e. The first-order valence-electron chi connectivity index (χ1n) is 21.6. The fraction of sp³-hybridized carbons (Fsp3) is 0.684. The first-order valence-corrected chi connectivity index (χ1v) is 24.5. The maximum Gasteiger partial charge on any atom is 0.308 e. The molecule has 0 unspecified atom stereocenters. The van der Waals surface area contributed by atoms with E-state index >= 15 is 0 Å². The molecular formula is C38H60N8O18S2. The summed E-state index contributed by atoms with van der Waals surface area (Å²) in [5, 5.41) is 63.3. The SMILES string of the molecule is CCCCCN(CCCCC)CCCCCCCCCCCN1CCCCC1.O=[N+]([O-])c1cc([N+](=O)[O-])c(S(=O)(=O)O)c([N+](=O)[O-])c1.O=[N+]([O-])c1cc([N+](=O)[O-])c(S(=O)(=O)O)c([N+](=O)[O-])c1. The summed E-state index contributed by atoms with van der Waals surface area (Å²) in [7, 11) is -10.6. The Morgan fingerprint density at radius 2 is 0.758 bits per heavy atom. The van der Waals surface area contributed by atoms with Crippen molar-refractivity contribution in [1.29, 1.82) is 0 Å². The summed E-state index contributed by atoms with van der Waals surface area (Å²) in [6, 6.07) is 0.818. The van der Waals surface area contributed by atoms with Crippen LogP contribution in [-0.2, 0) is 20.2 Å². The summed E-state index contributed by atoms with van der Waals surface area (Å²) in [6.45, 7) is 12.8. The number of non-ortho nitro benzene ring substituents is 2. The van der Waals surface area contributed by atoms with Crippen molar-refractivity contribution in [2.24, 2.45) is 0 Å². The van der Waals surface area contributed by atoms with Crippen molar-refractivity contribution in [3.05, 3.63) is 85.0 Å². The third-order valence-corrected chi connectivity index (χ3v) is 12.2. The van der Waals surface area contributed by atoms with Crippen molar-refractivity contribution in [3.8, 4) is 0 Å². The van der Waals surface area contributed by atoms with Gasteiger partial charge in [0.1, 0.15) is 0 Å². The van der Waals surface area contributed by atoms with Crippen LogP contribution in [0.3, 0.4) is 0 Å². The van der Waals surface area contributed by atoms with Gasteiger partial charge in [0.15, 0.2) is 0 Å². The Kier molecular flexibility index (Phi) is 26.6. The minimum absolute atomic E-state index is 0.204. The Bertz CT molecular complexity index is 1970. The Labute approximate surface area is 382 Å². The molecule has 26 nitrogen and oxygen atoms in total. The van der Waals surface area contributed by atoms with Crippen LogP contribution >= 0.6 is 0 Å². The van der Waals surface area contributed by atoms with Crippen LogP contribution < -0.4 is 0 Å². The van der Waals surface area contributed by atoms with Crippen LogP contribution in [0.4, 0.5) is 34.1 Å². The van der Waals surface area contributed by atoms with Gasteiger partial charge in [-0.3, -0.25) is 69.8 Å². The predicted molar refractivity (Wildman–Crippen MR) is 240 cm³/mol. The molecule has 2 aromatic rings. The van der Waals surface area contributed by atoms with Gasteiger partial charge in [0, 0.05) is 0 Å². The van der Waals surface area contributed by atoms with Crippen LogP contribution in [0.5, 0.6) is 0 Å². The standard InChI is InChI=1S/C26H54N2.2C6H3N3O9S/c1-3-5-15-21-27(22-16-6-4-2)23-17-12-10-8-7-9-11-13-18-24-28-25-19-14-20-26-28;2*10-7(11)3-1-4(8(12)13)6(19(16,17)18)5(2-3)9(14)15/h3-26H2,1-2H3;2*1-2H,(H,16,17,18). The van der Waals surface area contributed by atoms with Gasteiger partial charge < -0.3 is 9.80 Å². The number of hydrogen-bond acceptors (Lipinski definition) is 18. The van der Waals surface area contributed by atoms with Gasteiger partial charge in [-0.2, -0.15) is 16.8 Å². The van der Waals surface area contributed by atoms with E-state index in [0.29, 0.717) is 0 Å². The molecule has 2 aromatic carbocycles. The van der Waals surface area contributed by atoms with Crippen LogP contribution in [0.1, 0.15) is 129 Å². The van der Waals surface area contributed by atoms with Crippen molar-refractivity contribution in [2.45, 2.75) is 139 Å². The van der Waals surface area contributed by atoms with Crippen molar-refractivity contribution >= 4 is 54.4 Å². The molecule has 0 aromatic heterocycles. The van der Waals surface area contributed by atoms with Crippen molar-refractivity contribution in [3.63, 3.8) is 0 Å². The topological polar surface area (TPSA) is 374 Å². The van der Waals surface area contributed by atoms with E-state index in [4.69, 9.17) is 9.11 Å². The number of benzene rings is 2. The highest BCUT2D eigenvalue weighted by Gasteiger charge is 2.39. The third kappa shape index (κ3) is 21.7. The molecule has 1 saturated heterocycles. The fourth-order valence-electron chi connectivity index (χ4n) is 7.05. The molecule has 66 heavy (non-hydrogen) atoms. The van der Waals surface area contributed by atoms with Gasteiger partial charge in [0.25, 0.3) is 11.4 Å². The summed E-state index contributed by atoms with van der Waals surface area (Å²) < 4.78 is 61.3. The Balaban J connectivity index is 0.000000510. The number of nitro groups is 6. The summed E-state index contributed by atoms with van der Waals surface area (Å²) >= 11 is 0. The lowest BCUT2D eigenvalue weighted by atomic mass is 10.1. The number of rotatable bonds is 28. The quantitative estimate of drug-likeness (QED) is 0.0347. The van der Waals surface area contributed by atoms with E-state index in [1.807, 2.05) is 0 Å². The molecule has 0 amide bonds. The van der Waals surface area contributed by atoms with Crippen LogP contribution in [0.25, 0.3) is 0 Å². The summed E-state index contributed by atoms with van der Waals surface area (Å²) in [5.41, 5.74) is -7.92. The van der Waals surface area contributed by atoms with Gasteiger partial charge in [0.05, 0.1) is 53.8 Å². The Morgan fingerprint density at radius 3 is 1.03 bits per heavy atom. The molecule has 1 fully saturated rings. The first kappa shape index (κ1) is 58.6. The molecule has 1 heterocycles. The second-order valence-corrected chi connectivity index (χ2v) is 18.2. The second-order valence-electron chi connectivity index (χ2n) is 15.5. The highest BCUT2D eigenvalue weighted by molar-refractivity contribution is 7.86. The van der Waals surface area contributed by atoms with Gasteiger partial charge in [-0.1, -0.05) is 90.9 Å². The largest absolute Gasteiger partial charge is 0.308 e. The first-order chi connectivity index (χ1) is 31.0. The lowest BCUT2D eigenvalue weighted by Crippen LogP contribution is -2.30. The minimum Gasteiger partial charge on any atom is -0.303 e. The molecule has 0 spiro atoms. The maximum absolute atomic E-state index is 10.9. The maximum atomic E-state index is 10.9. The zero-order valence-electron chi connectivity index (χ0n) is 37.1. The van der Waals surface area contributed by atoms with Crippen molar-refractivity contribution < 1.29 is 55.5 Å². The molecule has 0 aliphatic carbocycles. The highest BCUT2D eigenvalue weighted by atomic mass is 32.2. The fourth-order valence-corrected chi connectivity index (χ4v) is 8.64. The van der Waals surface area contributed by atoms with E-state index in [1.165, 1.54) is 155 Å². The number of unbranched alkanes of at least 4 members (excludes halogenated alkanes) is 12. The third-order valence-electron chi connectivity index (χ3n) is 10.3. The van der Waals surface area contributed by atoms with E-state index < -0.39 is 93.7 Å². The molecule has 3 rings (SSSR count).